The highest BCUT2D eigenvalue weighted by atomic mass is 127. The maximum absolute atomic E-state index is 12.5. The van der Waals surface area contributed by atoms with Crippen LogP contribution in [-0.2, 0) is 0 Å². The molecule has 1 N–H and O–H groups in total. The molecule has 0 saturated carbocycles. The van der Waals surface area contributed by atoms with Crippen LogP contribution in [0.4, 0.5) is 8.78 Å². The van der Waals surface area contributed by atoms with E-state index in [2.05, 4.69) is 4.98 Å². The van der Waals surface area contributed by atoms with Crippen molar-refractivity contribution in [2.45, 2.75) is 6.43 Å². The lowest BCUT2D eigenvalue weighted by molar-refractivity contribution is 0.0676. The minimum Gasteiger partial charge on any atom is -0.476 e. The number of rotatable bonds is 2. The average Bonchev–Trinajstić information content (AvgIpc) is 2.08. The molecule has 1 aromatic rings. The van der Waals surface area contributed by atoms with Gasteiger partial charge in [-0.25, -0.2) is 18.6 Å². The molecule has 0 amide bonds. The van der Waals surface area contributed by atoms with E-state index in [4.69, 9.17) is 5.11 Å². The van der Waals surface area contributed by atoms with Crippen molar-refractivity contribution in [2.24, 2.45) is 0 Å². The first-order valence-corrected chi connectivity index (χ1v) is 5.46. The first-order chi connectivity index (χ1) is 6.45. The Balaban J connectivity index is 3.45. The van der Waals surface area contributed by atoms with Crippen molar-refractivity contribution in [1.82, 2.24) is 4.98 Å². The zero-order chi connectivity index (χ0) is 10.9. The first-order valence-electron chi connectivity index (χ1n) is 3.30. The standard InChI is InChI=1S/C7H3F2I2NO2/c8-6(9)3-4(11)2(10)1-12-5(3)7(13)14/h1,6H,(H,13,14). The molecule has 3 nitrogen and oxygen atoms in total. The normalized spacial score (nSPS) is 10.6. The zero-order valence-electron chi connectivity index (χ0n) is 6.47. The van der Waals surface area contributed by atoms with Crippen LogP contribution in [0.25, 0.3) is 0 Å². The largest absolute Gasteiger partial charge is 0.476 e. The van der Waals surface area contributed by atoms with Gasteiger partial charge in [-0.2, -0.15) is 0 Å². The fourth-order valence-electron chi connectivity index (χ4n) is 0.850. The van der Waals surface area contributed by atoms with E-state index in [1.165, 1.54) is 6.20 Å². The molecule has 1 heterocycles. The maximum Gasteiger partial charge on any atom is 0.355 e. The van der Waals surface area contributed by atoms with Crippen molar-refractivity contribution in [3.8, 4) is 0 Å². The second-order valence-electron chi connectivity index (χ2n) is 2.29. The number of hydrogen-bond acceptors (Lipinski definition) is 2. The number of halogens is 4. The second-order valence-corrected chi connectivity index (χ2v) is 4.53. The molecular weight excluding hydrogens is 422 g/mol. The molecule has 1 aromatic heterocycles. The van der Waals surface area contributed by atoms with E-state index in [0.717, 1.165) is 0 Å². The minimum atomic E-state index is -2.82. The second kappa shape index (κ2) is 4.64. The van der Waals surface area contributed by atoms with E-state index in [-0.39, 0.29) is 3.57 Å². The van der Waals surface area contributed by atoms with Crippen LogP contribution >= 0.6 is 45.2 Å². The Morgan fingerprint density at radius 3 is 2.50 bits per heavy atom. The van der Waals surface area contributed by atoms with Gasteiger partial charge in [0.15, 0.2) is 5.69 Å². The molecule has 0 saturated heterocycles. The van der Waals surface area contributed by atoms with Gasteiger partial charge in [0, 0.05) is 13.3 Å². The number of nitrogens with zero attached hydrogens (tertiary/aromatic N) is 1. The van der Waals surface area contributed by atoms with E-state index >= 15 is 0 Å². The quantitative estimate of drug-likeness (QED) is 0.743. The number of aromatic carboxylic acids is 1. The Kier molecular flexibility index (Phi) is 3.98. The summed E-state index contributed by atoms with van der Waals surface area (Å²) >= 11 is 3.52. The number of aromatic nitrogens is 1. The highest BCUT2D eigenvalue weighted by Gasteiger charge is 2.23. The highest BCUT2D eigenvalue weighted by molar-refractivity contribution is 14.1. The number of hydrogen-bond donors (Lipinski definition) is 1. The van der Waals surface area contributed by atoms with Crippen molar-refractivity contribution in [1.29, 1.82) is 0 Å². The number of carboxylic acids is 1. The minimum absolute atomic E-state index is 0.241. The smallest absolute Gasteiger partial charge is 0.355 e. The van der Waals surface area contributed by atoms with E-state index in [9.17, 15) is 13.6 Å². The third-order valence-electron chi connectivity index (χ3n) is 1.43. The molecule has 0 aliphatic carbocycles. The van der Waals surface area contributed by atoms with Gasteiger partial charge in [0.1, 0.15) is 0 Å². The third-order valence-corrected chi connectivity index (χ3v) is 4.44. The Hall–Kier alpha value is -0.0600. The van der Waals surface area contributed by atoms with E-state index in [0.29, 0.717) is 3.57 Å². The van der Waals surface area contributed by atoms with Crippen LogP contribution in [0.5, 0.6) is 0 Å². The molecule has 0 aliphatic heterocycles. The highest BCUT2D eigenvalue weighted by Crippen LogP contribution is 2.29. The van der Waals surface area contributed by atoms with Gasteiger partial charge in [-0.1, -0.05) is 0 Å². The van der Waals surface area contributed by atoms with Crippen LogP contribution in [0.3, 0.4) is 0 Å². The molecule has 7 heteroatoms. The van der Waals surface area contributed by atoms with Gasteiger partial charge in [-0.05, 0) is 45.2 Å². The van der Waals surface area contributed by atoms with Gasteiger partial charge in [-0.3, -0.25) is 0 Å². The number of pyridine rings is 1. The van der Waals surface area contributed by atoms with Crippen LogP contribution in [0.15, 0.2) is 6.20 Å². The number of carbonyl (C=O) groups is 1. The Bertz CT molecular complexity index is 384. The number of carboxylic acid groups (broad SMARTS) is 1. The van der Waals surface area contributed by atoms with Crippen LogP contribution in [-0.4, -0.2) is 16.1 Å². The summed E-state index contributed by atoms with van der Waals surface area (Å²) in [6.45, 7) is 0. The summed E-state index contributed by atoms with van der Waals surface area (Å²) in [6, 6.07) is 0. The van der Waals surface area contributed by atoms with E-state index in [1.54, 1.807) is 22.6 Å². The average molecular weight is 425 g/mol. The molecule has 0 aromatic carbocycles. The van der Waals surface area contributed by atoms with Gasteiger partial charge in [0.2, 0.25) is 0 Å². The maximum atomic E-state index is 12.5. The van der Waals surface area contributed by atoms with Crippen molar-refractivity contribution in [2.75, 3.05) is 0 Å². The Morgan fingerprint density at radius 2 is 2.07 bits per heavy atom. The fraction of sp³-hybridized carbons (Fsp3) is 0.143. The molecule has 0 spiro atoms. The number of alkyl halides is 2. The Morgan fingerprint density at radius 1 is 1.50 bits per heavy atom. The molecule has 14 heavy (non-hydrogen) atoms. The fourth-order valence-corrected chi connectivity index (χ4v) is 1.91. The third kappa shape index (κ3) is 2.30. The SMILES string of the molecule is O=C(O)c1ncc(I)c(I)c1C(F)F. The molecule has 0 bridgehead atoms. The Labute approximate surface area is 105 Å². The lowest BCUT2D eigenvalue weighted by atomic mass is 10.2. The van der Waals surface area contributed by atoms with Crippen molar-refractivity contribution in [3.05, 3.63) is 24.6 Å². The summed E-state index contributed by atoms with van der Waals surface area (Å²) < 4.78 is 25.8. The molecule has 0 unspecified atom stereocenters. The monoisotopic (exact) mass is 425 g/mol. The van der Waals surface area contributed by atoms with Crippen LogP contribution < -0.4 is 0 Å². The molecule has 0 atom stereocenters. The van der Waals surface area contributed by atoms with Crippen molar-refractivity contribution >= 4 is 51.2 Å². The summed E-state index contributed by atoms with van der Waals surface area (Å²) in [6.07, 6.45) is -1.56. The van der Waals surface area contributed by atoms with Gasteiger partial charge < -0.3 is 5.11 Å². The predicted octanol–water partition coefficient (Wildman–Crippen LogP) is 2.93. The summed E-state index contributed by atoms with van der Waals surface area (Å²) in [7, 11) is 0. The molecular formula is C7H3F2I2NO2. The summed E-state index contributed by atoms with van der Waals surface area (Å²) in [4.78, 5) is 14.1. The van der Waals surface area contributed by atoms with Crippen LogP contribution in [0.2, 0.25) is 0 Å². The first kappa shape index (κ1) is 12.0. The van der Waals surface area contributed by atoms with Gasteiger partial charge in [0.05, 0.1) is 5.56 Å². The summed E-state index contributed by atoms with van der Waals surface area (Å²) in [5, 5.41) is 8.63. The van der Waals surface area contributed by atoms with Gasteiger partial charge >= 0.3 is 5.97 Å². The van der Waals surface area contributed by atoms with Gasteiger partial charge in [-0.15, -0.1) is 0 Å². The summed E-state index contributed by atoms with van der Waals surface area (Å²) in [5.41, 5.74) is -1.09. The summed E-state index contributed by atoms with van der Waals surface area (Å²) in [5.74, 6) is -1.44. The van der Waals surface area contributed by atoms with Crippen molar-refractivity contribution < 1.29 is 18.7 Å². The molecule has 1 rings (SSSR count). The van der Waals surface area contributed by atoms with Crippen LogP contribution in [0.1, 0.15) is 22.5 Å². The zero-order valence-corrected chi connectivity index (χ0v) is 10.8. The lowest BCUT2D eigenvalue weighted by Crippen LogP contribution is -2.09. The predicted molar refractivity (Wildman–Crippen MR) is 61.6 cm³/mol. The van der Waals surface area contributed by atoms with Crippen LogP contribution in [0, 0.1) is 7.14 Å². The van der Waals surface area contributed by atoms with E-state index in [1.807, 2.05) is 22.6 Å². The van der Waals surface area contributed by atoms with Crippen molar-refractivity contribution in [3.63, 3.8) is 0 Å². The molecule has 0 fully saturated rings. The molecule has 0 radical (unpaired) electrons. The topological polar surface area (TPSA) is 50.2 Å². The molecule has 76 valence electrons. The van der Waals surface area contributed by atoms with E-state index < -0.39 is 23.7 Å². The van der Waals surface area contributed by atoms with Gasteiger partial charge in [0.25, 0.3) is 6.43 Å². The lowest BCUT2D eigenvalue weighted by Gasteiger charge is -2.07. The molecule has 0 aliphatic rings.